The second kappa shape index (κ2) is 11.5. The van der Waals surface area contributed by atoms with Gasteiger partial charge in [0, 0.05) is 24.2 Å². The Morgan fingerprint density at radius 2 is 1.94 bits per heavy atom. The average molecular weight is 509 g/mol. The maximum absolute atomic E-state index is 14.6. The molecule has 0 radical (unpaired) electrons. The van der Waals surface area contributed by atoms with E-state index in [0.29, 0.717) is 29.6 Å². The lowest BCUT2D eigenvalue weighted by molar-refractivity contribution is -0.121. The minimum absolute atomic E-state index is 0.0796. The molecule has 0 aliphatic carbocycles. The summed E-state index contributed by atoms with van der Waals surface area (Å²) in [7, 11) is 1.87. The Hall–Kier alpha value is -3.41. The smallest absolute Gasteiger partial charge is 0.408 e. The van der Waals surface area contributed by atoms with Crippen molar-refractivity contribution in [3.8, 4) is 0 Å². The van der Waals surface area contributed by atoms with Gasteiger partial charge in [0.05, 0.1) is 18.1 Å². The van der Waals surface area contributed by atoms with Crippen LogP contribution in [-0.4, -0.2) is 78.5 Å². The molecular weight excluding hydrogens is 474 g/mol. The lowest BCUT2D eigenvalue weighted by Gasteiger charge is -2.33. The third kappa shape index (κ3) is 7.06. The summed E-state index contributed by atoms with van der Waals surface area (Å²) in [5.41, 5.74) is 5.15. The molecule has 3 rings (SSSR count). The Bertz CT molecular complexity index is 1100. The molecule has 2 atom stereocenters. The topological polar surface area (TPSA) is 117 Å². The Balaban J connectivity index is 1.70. The van der Waals surface area contributed by atoms with Crippen molar-refractivity contribution in [2.75, 3.05) is 38.7 Å². The van der Waals surface area contributed by atoms with E-state index in [1.54, 1.807) is 45.0 Å². The van der Waals surface area contributed by atoms with Gasteiger partial charge in [0.25, 0.3) is 11.8 Å². The molecule has 1 fully saturated rings. The number of likely N-dealkylation sites (tertiary alicyclic amines) is 1. The normalized spacial score (nSPS) is 18.5. The zero-order valence-electron chi connectivity index (χ0n) is 21.0. The van der Waals surface area contributed by atoms with Gasteiger partial charge in [-0.05, 0) is 52.4 Å². The van der Waals surface area contributed by atoms with Crippen molar-refractivity contribution in [3.63, 3.8) is 0 Å². The molecular formula is C24H34F2N6O4. The maximum atomic E-state index is 14.6. The van der Waals surface area contributed by atoms with E-state index in [1.807, 2.05) is 11.9 Å². The molecule has 0 spiro atoms. The quantitative estimate of drug-likeness (QED) is 0.427. The first kappa shape index (κ1) is 27.2. The van der Waals surface area contributed by atoms with Crippen LogP contribution in [0.25, 0.3) is 10.9 Å². The van der Waals surface area contributed by atoms with Crippen molar-refractivity contribution < 1.29 is 27.9 Å². The summed E-state index contributed by atoms with van der Waals surface area (Å²) in [6, 6.07) is 6.49. The van der Waals surface area contributed by atoms with Gasteiger partial charge in [-0.3, -0.25) is 20.4 Å². The summed E-state index contributed by atoms with van der Waals surface area (Å²) < 4.78 is 34.5. The van der Waals surface area contributed by atoms with Crippen LogP contribution in [0.5, 0.6) is 0 Å². The standard InChI is InChI=1S/C24H34F2N6O4/c1-24(2,3)36-23(35)27-13-21(33)29-30-22(34)20-12-15-17(6-5-7-19(15)32(20)11-9-25)28-18-8-10-31(4)14-16(18)26/h5-7,12,16,18,28H,8-11,13-14H2,1-4H3,(H,27,35)(H,29,33)(H,30,34)/t16-,18+/m0/s1. The molecule has 3 amide bonds. The molecule has 2 aromatic rings. The number of nitrogens with one attached hydrogen (secondary N) is 4. The molecule has 1 aromatic carbocycles. The van der Waals surface area contributed by atoms with Gasteiger partial charge in [0.1, 0.15) is 30.7 Å². The zero-order valence-corrected chi connectivity index (χ0v) is 21.0. The summed E-state index contributed by atoms with van der Waals surface area (Å²) in [5, 5.41) is 6.17. The van der Waals surface area contributed by atoms with Crippen LogP contribution in [0.2, 0.25) is 0 Å². The SMILES string of the molecule is CN1CC[C@@H](Nc2cccc3c2cc(C(=O)NNC(=O)CNC(=O)OC(C)(C)C)n3CCF)[C@@H](F)C1. The minimum Gasteiger partial charge on any atom is -0.444 e. The number of ether oxygens (including phenoxy) is 1. The number of halogens is 2. The van der Waals surface area contributed by atoms with Crippen LogP contribution in [0.15, 0.2) is 24.3 Å². The average Bonchev–Trinajstić information content (AvgIpc) is 3.16. The number of rotatable bonds is 7. The molecule has 1 aromatic heterocycles. The minimum atomic E-state index is -1.06. The molecule has 1 saturated heterocycles. The predicted molar refractivity (Wildman–Crippen MR) is 132 cm³/mol. The van der Waals surface area contributed by atoms with Gasteiger partial charge in [-0.2, -0.15) is 0 Å². The van der Waals surface area contributed by atoms with Crippen LogP contribution in [0.1, 0.15) is 37.7 Å². The Kier molecular flexibility index (Phi) is 8.72. The molecule has 36 heavy (non-hydrogen) atoms. The summed E-state index contributed by atoms with van der Waals surface area (Å²) in [6.07, 6.45) is -1.21. The van der Waals surface area contributed by atoms with Gasteiger partial charge in [-0.15, -0.1) is 0 Å². The van der Waals surface area contributed by atoms with Gasteiger partial charge in [-0.25, -0.2) is 13.6 Å². The molecule has 0 bridgehead atoms. The second-order valence-corrected chi connectivity index (χ2v) is 9.78. The third-order valence-electron chi connectivity index (χ3n) is 5.68. The Morgan fingerprint density at radius 3 is 2.61 bits per heavy atom. The van der Waals surface area contributed by atoms with Gasteiger partial charge in [0.2, 0.25) is 0 Å². The fourth-order valence-corrected chi connectivity index (χ4v) is 4.04. The van der Waals surface area contributed by atoms with Crippen LogP contribution >= 0.6 is 0 Å². The summed E-state index contributed by atoms with van der Waals surface area (Å²) >= 11 is 0. The maximum Gasteiger partial charge on any atom is 0.408 e. The van der Waals surface area contributed by atoms with Crippen molar-refractivity contribution in [1.29, 1.82) is 0 Å². The molecule has 10 nitrogen and oxygen atoms in total. The van der Waals surface area contributed by atoms with Crippen LogP contribution in [0.3, 0.4) is 0 Å². The highest BCUT2D eigenvalue weighted by molar-refractivity contribution is 6.03. The molecule has 1 aliphatic heterocycles. The van der Waals surface area contributed by atoms with Crippen LogP contribution < -0.4 is 21.5 Å². The highest BCUT2D eigenvalue weighted by Gasteiger charge is 2.28. The first-order valence-electron chi connectivity index (χ1n) is 11.8. The van der Waals surface area contributed by atoms with E-state index >= 15 is 0 Å². The largest absolute Gasteiger partial charge is 0.444 e. The number of hydrazine groups is 1. The number of nitrogens with zero attached hydrogens (tertiary/aromatic N) is 2. The number of carbonyl (C=O) groups excluding carboxylic acids is 3. The van der Waals surface area contributed by atoms with Gasteiger partial charge in [-0.1, -0.05) is 6.07 Å². The number of fused-ring (bicyclic) bond motifs is 1. The Morgan fingerprint density at radius 1 is 1.19 bits per heavy atom. The number of alkyl carbamates (subject to hydrolysis) is 1. The number of hydrogen-bond donors (Lipinski definition) is 4. The number of aryl methyl sites for hydroxylation is 1. The van der Waals surface area contributed by atoms with Crippen molar-refractivity contribution in [1.82, 2.24) is 25.6 Å². The molecule has 1 aliphatic rings. The number of piperidine rings is 1. The fraction of sp³-hybridized carbons (Fsp3) is 0.542. The van der Waals surface area contributed by atoms with Gasteiger partial charge >= 0.3 is 6.09 Å². The van der Waals surface area contributed by atoms with Crippen molar-refractivity contribution in [2.24, 2.45) is 0 Å². The molecule has 4 N–H and O–H groups in total. The van der Waals surface area contributed by atoms with Gasteiger partial charge in [0.15, 0.2) is 0 Å². The predicted octanol–water partition coefficient (Wildman–Crippen LogP) is 2.35. The van der Waals surface area contributed by atoms with E-state index in [9.17, 15) is 23.2 Å². The van der Waals surface area contributed by atoms with Crippen molar-refractivity contribution in [2.45, 2.75) is 51.6 Å². The number of anilines is 1. The molecule has 198 valence electrons. The molecule has 0 saturated carbocycles. The summed E-state index contributed by atoms with van der Waals surface area (Å²) in [4.78, 5) is 38.5. The highest BCUT2D eigenvalue weighted by atomic mass is 19.1. The first-order valence-corrected chi connectivity index (χ1v) is 11.8. The summed E-state index contributed by atoms with van der Waals surface area (Å²) in [5.74, 6) is -1.35. The first-order chi connectivity index (χ1) is 17.0. The lowest BCUT2D eigenvalue weighted by Crippen LogP contribution is -2.47. The van der Waals surface area contributed by atoms with Gasteiger partial charge < -0.3 is 24.8 Å². The Labute approximate surface area is 208 Å². The lowest BCUT2D eigenvalue weighted by atomic mass is 10.0. The van der Waals surface area contributed by atoms with Crippen LogP contribution in [-0.2, 0) is 16.1 Å². The molecule has 12 heteroatoms. The van der Waals surface area contributed by atoms with Crippen molar-refractivity contribution in [3.05, 3.63) is 30.0 Å². The van der Waals surface area contributed by atoms with E-state index in [-0.39, 0.29) is 18.3 Å². The third-order valence-corrected chi connectivity index (χ3v) is 5.68. The number of amides is 3. The van der Waals surface area contributed by atoms with Crippen molar-refractivity contribution >= 4 is 34.5 Å². The van der Waals surface area contributed by atoms with Crippen LogP contribution in [0.4, 0.5) is 19.3 Å². The zero-order chi connectivity index (χ0) is 26.5. The second-order valence-electron chi connectivity index (χ2n) is 9.78. The fourth-order valence-electron chi connectivity index (χ4n) is 4.04. The van der Waals surface area contributed by atoms with E-state index in [4.69, 9.17) is 4.74 Å². The number of carbonyl (C=O) groups is 3. The summed E-state index contributed by atoms with van der Waals surface area (Å²) in [6.45, 7) is 4.94. The van der Waals surface area contributed by atoms with E-state index < -0.39 is 42.9 Å². The monoisotopic (exact) mass is 508 g/mol. The van der Waals surface area contributed by atoms with Crippen LogP contribution in [0, 0.1) is 0 Å². The number of alkyl halides is 2. The molecule has 0 unspecified atom stereocenters. The van der Waals surface area contributed by atoms with E-state index in [1.165, 1.54) is 4.57 Å². The number of aromatic nitrogens is 1. The molecule has 2 heterocycles. The van der Waals surface area contributed by atoms with E-state index in [2.05, 4.69) is 21.5 Å². The number of hydrogen-bond acceptors (Lipinski definition) is 6. The van der Waals surface area contributed by atoms with E-state index in [0.717, 1.165) is 6.54 Å². The number of benzene rings is 1. The highest BCUT2D eigenvalue weighted by Crippen LogP contribution is 2.29.